The number of fused-ring (bicyclic) bond motifs is 1. The Labute approximate surface area is 198 Å². The summed E-state index contributed by atoms with van der Waals surface area (Å²) in [5, 5.41) is 0. The molecule has 1 aliphatic rings. The van der Waals surface area contributed by atoms with Gasteiger partial charge < -0.3 is 9.30 Å². The first kappa shape index (κ1) is 23.5. The zero-order valence-corrected chi connectivity index (χ0v) is 21.0. The minimum Gasteiger partial charge on any atom is -0.461 e. The minimum atomic E-state index is -0.171. The molecule has 0 spiro atoms. The lowest BCUT2D eigenvalue weighted by atomic mass is 9.75. The average molecular weight is 447 g/mol. The van der Waals surface area contributed by atoms with Gasteiger partial charge in [0.05, 0.1) is 11.0 Å². The molecular formula is C29H38N2O2. The van der Waals surface area contributed by atoms with Crippen LogP contribution in [0.1, 0.15) is 66.4 Å². The summed E-state index contributed by atoms with van der Waals surface area (Å²) in [6, 6.07) is 16.6. The van der Waals surface area contributed by atoms with Gasteiger partial charge in [-0.3, -0.25) is 4.79 Å². The van der Waals surface area contributed by atoms with Crippen molar-refractivity contribution in [3.05, 3.63) is 54.1 Å². The highest BCUT2D eigenvalue weighted by atomic mass is 16.5. The van der Waals surface area contributed by atoms with Crippen LogP contribution in [0, 0.1) is 17.8 Å². The van der Waals surface area contributed by atoms with E-state index in [0.29, 0.717) is 17.8 Å². The number of imidazole rings is 1. The van der Waals surface area contributed by atoms with Crippen LogP contribution < -0.4 is 0 Å². The van der Waals surface area contributed by atoms with Gasteiger partial charge in [0, 0.05) is 5.56 Å². The van der Waals surface area contributed by atoms with E-state index in [9.17, 15) is 4.79 Å². The lowest BCUT2D eigenvalue weighted by Crippen LogP contribution is -2.36. The van der Waals surface area contributed by atoms with E-state index >= 15 is 0 Å². The van der Waals surface area contributed by atoms with E-state index in [2.05, 4.69) is 65.8 Å². The number of esters is 1. The summed E-state index contributed by atoms with van der Waals surface area (Å²) in [5.41, 5.74) is 4.23. The van der Waals surface area contributed by atoms with Crippen LogP contribution in [-0.4, -0.2) is 21.6 Å². The van der Waals surface area contributed by atoms with E-state index < -0.39 is 0 Å². The highest BCUT2D eigenvalue weighted by Crippen LogP contribution is 2.36. The molecule has 3 unspecified atom stereocenters. The Morgan fingerprint density at radius 2 is 1.79 bits per heavy atom. The van der Waals surface area contributed by atoms with Crippen molar-refractivity contribution in [3.8, 4) is 11.4 Å². The predicted molar refractivity (Wildman–Crippen MR) is 135 cm³/mol. The van der Waals surface area contributed by atoms with Crippen molar-refractivity contribution in [1.29, 1.82) is 0 Å². The maximum absolute atomic E-state index is 13.2. The normalized spacial score (nSPS) is 21.5. The third kappa shape index (κ3) is 5.15. The fourth-order valence-corrected chi connectivity index (χ4v) is 5.16. The molecule has 1 saturated carbocycles. The largest absolute Gasteiger partial charge is 0.461 e. The van der Waals surface area contributed by atoms with Crippen LogP contribution in [0.15, 0.2) is 48.5 Å². The number of para-hydroxylation sites is 2. The molecule has 4 heteroatoms. The number of benzene rings is 2. The number of carbonyl (C=O) groups is 1. The molecule has 0 radical (unpaired) electrons. The van der Waals surface area contributed by atoms with Crippen molar-refractivity contribution in [2.24, 2.45) is 17.8 Å². The minimum absolute atomic E-state index is 0.00514. The molecule has 4 rings (SSSR count). The van der Waals surface area contributed by atoms with Crippen LogP contribution in [0.3, 0.4) is 0 Å². The van der Waals surface area contributed by atoms with Gasteiger partial charge in [-0.05, 0) is 53.7 Å². The lowest BCUT2D eigenvalue weighted by Gasteiger charge is -2.36. The van der Waals surface area contributed by atoms with Gasteiger partial charge in [-0.25, -0.2) is 4.98 Å². The van der Waals surface area contributed by atoms with Crippen LogP contribution in [0.5, 0.6) is 0 Å². The Morgan fingerprint density at radius 3 is 2.45 bits per heavy atom. The predicted octanol–water partition coefficient (Wildman–Crippen LogP) is 7.00. The highest BCUT2D eigenvalue weighted by Gasteiger charge is 2.33. The molecule has 1 fully saturated rings. The van der Waals surface area contributed by atoms with Gasteiger partial charge in [0.2, 0.25) is 0 Å². The second-order valence-corrected chi connectivity index (χ2v) is 11.2. The summed E-state index contributed by atoms with van der Waals surface area (Å²) in [5.74, 6) is 2.20. The van der Waals surface area contributed by atoms with Gasteiger partial charge in [-0.1, -0.05) is 84.4 Å². The summed E-state index contributed by atoms with van der Waals surface area (Å²) in [6.45, 7) is 13.6. The van der Waals surface area contributed by atoms with E-state index in [1.54, 1.807) is 0 Å². The third-order valence-corrected chi connectivity index (χ3v) is 7.20. The first-order valence-electron chi connectivity index (χ1n) is 12.4. The van der Waals surface area contributed by atoms with Gasteiger partial charge >= 0.3 is 5.97 Å². The van der Waals surface area contributed by atoms with Gasteiger partial charge in [-0.15, -0.1) is 0 Å². The zero-order chi connectivity index (χ0) is 23.8. The molecule has 1 aliphatic carbocycles. The van der Waals surface area contributed by atoms with E-state index in [-0.39, 0.29) is 24.0 Å². The molecule has 4 nitrogen and oxygen atoms in total. The smallest absolute Gasteiger partial charge is 0.326 e. The van der Waals surface area contributed by atoms with Crippen molar-refractivity contribution < 1.29 is 9.53 Å². The maximum Gasteiger partial charge on any atom is 0.326 e. The second kappa shape index (κ2) is 9.32. The van der Waals surface area contributed by atoms with Crippen LogP contribution in [0.4, 0.5) is 0 Å². The number of hydrogen-bond acceptors (Lipinski definition) is 3. The summed E-state index contributed by atoms with van der Waals surface area (Å²) < 4.78 is 8.14. The Hall–Kier alpha value is -2.62. The quantitative estimate of drug-likeness (QED) is 0.396. The SMILES string of the molecule is CC1CCC(C(C)C)C(OC(=O)Cn2c(-c3ccc(C(C)(C)C)cc3)nc3ccccc32)C1. The maximum atomic E-state index is 13.2. The molecule has 33 heavy (non-hydrogen) atoms. The fourth-order valence-electron chi connectivity index (χ4n) is 5.16. The van der Waals surface area contributed by atoms with Gasteiger partial charge in [0.15, 0.2) is 0 Å². The Kier molecular flexibility index (Phi) is 6.65. The lowest BCUT2D eigenvalue weighted by molar-refractivity contribution is -0.156. The van der Waals surface area contributed by atoms with E-state index in [0.717, 1.165) is 35.3 Å². The number of hydrogen-bond donors (Lipinski definition) is 0. The van der Waals surface area contributed by atoms with Gasteiger partial charge in [-0.2, -0.15) is 0 Å². The van der Waals surface area contributed by atoms with E-state index in [1.165, 1.54) is 12.0 Å². The van der Waals surface area contributed by atoms with Crippen LogP contribution in [0.25, 0.3) is 22.4 Å². The Bertz CT molecular complexity index is 1100. The Balaban J connectivity index is 1.62. The van der Waals surface area contributed by atoms with Gasteiger partial charge in [0.25, 0.3) is 0 Å². The molecule has 3 aromatic rings. The molecule has 0 aliphatic heterocycles. The van der Waals surface area contributed by atoms with Crippen LogP contribution in [0.2, 0.25) is 0 Å². The third-order valence-electron chi connectivity index (χ3n) is 7.20. The average Bonchev–Trinajstić information content (AvgIpc) is 3.11. The van der Waals surface area contributed by atoms with Crippen molar-refractivity contribution in [3.63, 3.8) is 0 Å². The van der Waals surface area contributed by atoms with Crippen molar-refractivity contribution in [2.75, 3.05) is 0 Å². The molecular weight excluding hydrogens is 408 g/mol. The number of carbonyl (C=O) groups excluding carboxylic acids is 1. The van der Waals surface area contributed by atoms with Crippen LogP contribution in [-0.2, 0) is 21.5 Å². The summed E-state index contributed by atoms with van der Waals surface area (Å²) in [7, 11) is 0. The zero-order valence-electron chi connectivity index (χ0n) is 21.0. The van der Waals surface area contributed by atoms with Crippen molar-refractivity contribution >= 4 is 17.0 Å². The molecule has 0 saturated heterocycles. The molecule has 0 amide bonds. The number of ether oxygens (including phenoxy) is 1. The monoisotopic (exact) mass is 446 g/mol. The Morgan fingerprint density at radius 1 is 1.09 bits per heavy atom. The van der Waals surface area contributed by atoms with Crippen molar-refractivity contribution in [2.45, 2.75) is 78.9 Å². The fraction of sp³-hybridized carbons (Fsp3) is 0.517. The number of rotatable bonds is 5. The summed E-state index contributed by atoms with van der Waals surface area (Å²) >= 11 is 0. The molecule has 2 aromatic carbocycles. The first-order valence-corrected chi connectivity index (χ1v) is 12.4. The standard InChI is InChI=1S/C29H38N2O2/c1-19(2)23-16-11-20(3)17-26(23)33-27(32)18-31-25-10-8-7-9-24(25)30-28(31)21-12-14-22(15-13-21)29(4,5)6/h7-10,12-15,19-20,23,26H,11,16-18H2,1-6H3. The number of nitrogens with zero attached hydrogens (tertiary/aromatic N) is 2. The van der Waals surface area contributed by atoms with E-state index in [1.807, 2.05) is 28.8 Å². The summed E-state index contributed by atoms with van der Waals surface area (Å²) in [4.78, 5) is 18.1. The molecule has 0 N–H and O–H groups in total. The topological polar surface area (TPSA) is 44.1 Å². The van der Waals surface area contributed by atoms with E-state index in [4.69, 9.17) is 9.72 Å². The molecule has 0 bridgehead atoms. The molecule has 3 atom stereocenters. The highest BCUT2D eigenvalue weighted by molar-refractivity contribution is 5.83. The molecule has 1 heterocycles. The first-order chi connectivity index (χ1) is 15.6. The molecule has 176 valence electrons. The number of aromatic nitrogens is 2. The summed E-state index contributed by atoms with van der Waals surface area (Å²) in [6.07, 6.45) is 3.32. The molecule has 1 aromatic heterocycles. The van der Waals surface area contributed by atoms with Crippen LogP contribution >= 0.6 is 0 Å². The van der Waals surface area contributed by atoms with Gasteiger partial charge in [0.1, 0.15) is 18.5 Å². The second-order valence-electron chi connectivity index (χ2n) is 11.2. The van der Waals surface area contributed by atoms with Crippen molar-refractivity contribution in [1.82, 2.24) is 9.55 Å².